The third kappa shape index (κ3) is 7.61. The summed E-state index contributed by atoms with van der Waals surface area (Å²) in [5.74, 6) is -1.94. The molecule has 0 unspecified atom stereocenters. The summed E-state index contributed by atoms with van der Waals surface area (Å²) in [7, 11) is 0. The van der Waals surface area contributed by atoms with E-state index < -0.39 is 18.0 Å². The Hall–Kier alpha value is -2.13. The van der Waals surface area contributed by atoms with Gasteiger partial charge in [0.05, 0.1) is 6.54 Å². The largest absolute Gasteiger partial charge is 0.480 e. The fourth-order valence-corrected chi connectivity index (χ4v) is 2.15. The smallest absolute Gasteiger partial charge is 0.324 e. The third-order valence-electron chi connectivity index (χ3n) is 3.47. The normalized spacial score (nSPS) is 17.2. The van der Waals surface area contributed by atoms with E-state index in [9.17, 15) is 14.4 Å². The van der Waals surface area contributed by atoms with Gasteiger partial charge in [-0.2, -0.15) is 0 Å². The number of urea groups is 1. The third-order valence-corrected chi connectivity index (χ3v) is 3.47. The molecule has 1 fully saturated rings. The van der Waals surface area contributed by atoms with Gasteiger partial charge >= 0.3 is 18.0 Å². The van der Waals surface area contributed by atoms with Crippen molar-refractivity contribution in [2.24, 2.45) is 5.73 Å². The molecule has 5 N–H and O–H groups in total. The lowest BCUT2D eigenvalue weighted by atomic mass is 10.2. The predicted octanol–water partition coefficient (Wildman–Crippen LogP) is -0.853. The minimum atomic E-state index is -1.07. The van der Waals surface area contributed by atoms with Gasteiger partial charge in [0.1, 0.15) is 6.04 Å². The van der Waals surface area contributed by atoms with Gasteiger partial charge in [0.15, 0.2) is 0 Å². The highest BCUT2D eigenvalue weighted by Crippen LogP contribution is 2.02. The fourth-order valence-electron chi connectivity index (χ4n) is 2.15. The molecular formula is C14H24N4O5. The molecule has 1 saturated heterocycles. The van der Waals surface area contributed by atoms with E-state index >= 15 is 0 Å². The molecule has 0 aromatic rings. The number of aliphatic carboxylic acids is 2. The van der Waals surface area contributed by atoms with E-state index in [2.05, 4.69) is 5.32 Å². The molecule has 1 heterocycles. The number of nitrogens with zero attached hydrogens (tertiary/aromatic N) is 2. The minimum Gasteiger partial charge on any atom is -0.480 e. The summed E-state index contributed by atoms with van der Waals surface area (Å²) < 4.78 is 0. The summed E-state index contributed by atoms with van der Waals surface area (Å²) in [4.78, 5) is 36.5. The second-order valence-corrected chi connectivity index (χ2v) is 5.32. The maximum Gasteiger partial charge on any atom is 0.324 e. The Labute approximate surface area is 134 Å². The Balaban J connectivity index is 2.13. The molecule has 0 radical (unpaired) electrons. The van der Waals surface area contributed by atoms with Gasteiger partial charge in [0.2, 0.25) is 0 Å². The lowest BCUT2D eigenvalue weighted by Gasteiger charge is -2.33. The highest BCUT2D eigenvalue weighted by molar-refractivity contribution is 5.75. The van der Waals surface area contributed by atoms with Crippen molar-refractivity contribution in [1.29, 1.82) is 0 Å². The van der Waals surface area contributed by atoms with Crippen LogP contribution in [0.25, 0.3) is 0 Å². The number of carbonyl (C=O) groups excluding carboxylic acids is 1. The summed E-state index contributed by atoms with van der Waals surface area (Å²) >= 11 is 0. The number of carboxylic acids is 2. The SMILES string of the molecule is N[C@H](/C=C/CCCNC(=O)N1CCN(CC(=O)O)CC1)C(=O)O. The van der Waals surface area contributed by atoms with E-state index in [1.54, 1.807) is 15.9 Å². The van der Waals surface area contributed by atoms with E-state index in [-0.39, 0.29) is 12.6 Å². The zero-order chi connectivity index (χ0) is 17.2. The van der Waals surface area contributed by atoms with Crippen LogP contribution in [0.1, 0.15) is 12.8 Å². The van der Waals surface area contributed by atoms with Crippen molar-refractivity contribution in [1.82, 2.24) is 15.1 Å². The molecule has 0 spiro atoms. The van der Waals surface area contributed by atoms with E-state index in [1.165, 1.54) is 6.08 Å². The van der Waals surface area contributed by atoms with Gasteiger partial charge < -0.3 is 26.2 Å². The molecule has 0 aliphatic carbocycles. The van der Waals surface area contributed by atoms with Crippen LogP contribution in [-0.4, -0.2) is 83.3 Å². The first-order valence-electron chi connectivity index (χ1n) is 7.52. The molecule has 0 bridgehead atoms. The number of rotatable bonds is 8. The van der Waals surface area contributed by atoms with Crippen molar-refractivity contribution in [2.75, 3.05) is 39.3 Å². The van der Waals surface area contributed by atoms with Crippen LogP contribution in [0.15, 0.2) is 12.2 Å². The van der Waals surface area contributed by atoms with Gasteiger partial charge in [0, 0.05) is 32.7 Å². The van der Waals surface area contributed by atoms with Gasteiger partial charge in [-0.25, -0.2) is 4.79 Å². The van der Waals surface area contributed by atoms with Crippen LogP contribution in [0.2, 0.25) is 0 Å². The molecule has 0 saturated carbocycles. The molecule has 1 atom stereocenters. The topological polar surface area (TPSA) is 136 Å². The minimum absolute atomic E-state index is 0.000271. The van der Waals surface area contributed by atoms with Gasteiger partial charge in [-0.15, -0.1) is 0 Å². The number of carbonyl (C=O) groups is 3. The maximum atomic E-state index is 11.9. The molecular weight excluding hydrogens is 304 g/mol. The first-order chi connectivity index (χ1) is 10.9. The molecule has 130 valence electrons. The van der Waals surface area contributed by atoms with Crippen LogP contribution in [0.3, 0.4) is 0 Å². The fraction of sp³-hybridized carbons (Fsp3) is 0.643. The Morgan fingerprint density at radius 3 is 2.39 bits per heavy atom. The summed E-state index contributed by atoms with van der Waals surface area (Å²) in [5.41, 5.74) is 5.31. The van der Waals surface area contributed by atoms with Gasteiger partial charge in [-0.05, 0) is 12.8 Å². The van der Waals surface area contributed by atoms with Crippen molar-refractivity contribution < 1.29 is 24.6 Å². The number of piperazine rings is 1. The second-order valence-electron chi connectivity index (χ2n) is 5.32. The van der Waals surface area contributed by atoms with E-state index in [4.69, 9.17) is 15.9 Å². The highest BCUT2D eigenvalue weighted by atomic mass is 16.4. The zero-order valence-electron chi connectivity index (χ0n) is 13.0. The van der Waals surface area contributed by atoms with Gasteiger partial charge in [-0.3, -0.25) is 14.5 Å². The van der Waals surface area contributed by atoms with Crippen LogP contribution >= 0.6 is 0 Å². The van der Waals surface area contributed by atoms with Gasteiger partial charge in [-0.1, -0.05) is 12.2 Å². The number of hydrogen-bond donors (Lipinski definition) is 4. The maximum absolute atomic E-state index is 11.9. The van der Waals surface area contributed by atoms with E-state index in [0.29, 0.717) is 45.6 Å². The Kier molecular flexibility index (Phi) is 8.06. The number of hydrogen-bond acceptors (Lipinski definition) is 5. The predicted molar refractivity (Wildman–Crippen MR) is 83.0 cm³/mol. The average Bonchev–Trinajstić information content (AvgIpc) is 2.50. The summed E-state index contributed by atoms with van der Waals surface area (Å²) in [6, 6.07) is -1.15. The Morgan fingerprint density at radius 2 is 1.83 bits per heavy atom. The van der Waals surface area contributed by atoms with Crippen LogP contribution < -0.4 is 11.1 Å². The lowest BCUT2D eigenvalue weighted by Crippen LogP contribution is -2.52. The van der Waals surface area contributed by atoms with Gasteiger partial charge in [0.25, 0.3) is 0 Å². The molecule has 0 aromatic heterocycles. The number of unbranched alkanes of at least 4 members (excludes halogenated alkanes) is 1. The lowest BCUT2D eigenvalue weighted by molar-refractivity contribution is -0.139. The van der Waals surface area contributed by atoms with Crippen LogP contribution in [-0.2, 0) is 9.59 Å². The summed E-state index contributed by atoms with van der Waals surface area (Å²) in [6.07, 6.45) is 4.43. The monoisotopic (exact) mass is 328 g/mol. The first-order valence-corrected chi connectivity index (χ1v) is 7.52. The standard InChI is InChI=1S/C14H24N4O5/c15-11(13(21)22)4-2-1-3-5-16-14(23)18-8-6-17(7-9-18)10-12(19)20/h2,4,11H,1,3,5-10,15H2,(H,16,23)(H,19,20)(H,21,22)/b4-2+/t11-/m1/s1. The molecule has 1 aliphatic heterocycles. The quantitative estimate of drug-likeness (QED) is 0.336. The zero-order valence-corrected chi connectivity index (χ0v) is 13.0. The van der Waals surface area contributed by atoms with Crippen LogP contribution in [0, 0.1) is 0 Å². The van der Waals surface area contributed by atoms with E-state index in [0.717, 1.165) is 0 Å². The molecule has 1 rings (SSSR count). The number of nitrogens with two attached hydrogens (primary N) is 1. The number of carboxylic acid groups (broad SMARTS) is 2. The van der Waals surface area contributed by atoms with Crippen molar-refractivity contribution in [3.05, 3.63) is 12.2 Å². The number of allylic oxidation sites excluding steroid dienone is 1. The number of amides is 2. The molecule has 23 heavy (non-hydrogen) atoms. The first kappa shape index (κ1) is 18.9. The Bertz CT molecular complexity index is 446. The van der Waals surface area contributed by atoms with E-state index in [1.807, 2.05) is 0 Å². The molecule has 9 nitrogen and oxygen atoms in total. The van der Waals surface area contributed by atoms with Crippen molar-refractivity contribution in [3.63, 3.8) is 0 Å². The summed E-state index contributed by atoms with van der Waals surface area (Å²) in [6.45, 7) is 2.60. The summed E-state index contributed by atoms with van der Waals surface area (Å²) in [5, 5.41) is 20.1. The second kappa shape index (κ2) is 9.80. The molecule has 9 heteroatoms. The Morgan fingerprint density at radius 1 is 1.17 bits per heavy atom. The molecule has 0 aromatic carbocycles. The number of nitrogens with one attached hydrogen (secondary N) is 1. The highest BCUT2D eigenvalue weighted by Gasteiger charge is 2.21. The van der Waals surface area contributed by atoms with Crippen molar-refractivity contribution >= 4 is 18.0 Å². The van der Waals surface area contributed by atoms with Crippen molar-refractivity contribution in [2.45, 2.75) is 18.9 Å². The van der Waals surface area contributed by atoms with Crippen LogP contribution in [0.5, 0.6) is 0 Å². The average molecular weight is 328 g/mol. The molecule has 2 amide bonds. The van der Waals surface area contributed by atoms with Crippen LogP contribution in [0.4, 0.5) is 4.79 Å². The van der Waals surface area contributed by atoms with Crippen molar-refractivity contribution in [3.8, 4) is 0 Å². The molecule has 1 aliphatic rings.